The van der Waals surface area contributed by atoms with Crippen molar-refractivity contribution >= 4 is 11.4 Å². The van der Waals surface area contributed by atoms with Crippen LogP contribution in [0.15, 0.2) is 36.9 Å². The van der Waals surface area contributed by atoms with Gasteiger partial charge in [0.05, 0.1) is 11.4 Å². The standard InChI is InChI=1S/C13H18N2/c1-2-3-10-15-11-6-9-14-12-7-4-5-8-13(12)15/h2,4-5,7-8,14H,1,3,6,9-11H2. The molecular weight excluding hydrogens is 184 g/mol. The first kappa shape index (κ1) is 10.1. The first-order chi connectivity index (χ1) is 7.42. The largest absolute Gasteiger partial charge is 0.383 e. The maximum Gasteiger partial charge on any atom is 0.0602 e. The summed E-state index contributed by atoms with van der Waals surface area (Å²) in [5.41, 5.74) is 2.59. The van der Waals surface area contributed by atoms with Crippen LogP contribution >= 0.6 is 0 Å². The molecule has 1 aliphatic rings. The van der Waals surface area contributed by atoms with E-state index in [-0.39, 0.29) is 0 Å². The van der Waals surface area contributed by atoms with Gasteiger partial charge in [-0.15, -0.1) is 6.58 Å². The van der Waals surface area contributed by atoms with Crippen LogP contribution in [0, 0.1) is 0 Å². The molecule has 2 heteroatoms. The van der Waals surface area contributed by atoms with Crippen molar-refractivity contribution in [2.45, 2.75) is 12.8 Å². The van der Waals surface area contributed by atoms with Crippen molar-refractivity contribution in [1.82, 2.24) is 0 Å². The summed E-state index contributed by atoms with van der Waals surface area (Å²) < 4.78 is 0. The smallest absolute Gasteiger partial charge is 0.0602 e. The first-order valence-electron chi connectivity index (χ1n) is 5.60. The van der Waals surface area contributed by atoms with E-state index in [0.717, 1.165) is 26.1 Å². The van der Waals surface area contributed by atoms with E-state index < -0.39 is 0 Å². The summed E-state index contributed by atoms with van der Waals surface area (Å²) in [5.74, 6) is 0. The van der Waals surface area contributed by atoms with Gasteiger partial charge in [0.15, 0.2) is 0 Å². The molecule has 1 heterocycles. The molecule has 0 unspecified atom stereocenters. The Morgan fingerprint density at radius 1 is 1.40 bits per heavy atom. The molecule has 0 fully saturated rings. The van der Waals surface area contributed by atoms with Gasteiger partial charge in [-0.25, -0.2) is 0 Å². The molecule has 1 N–H and O–H groups in total. The highest BCUT2D eigenvalue weighted by Crippen LogP contribution is 2.27. The minimum atomic E-state index is 1.05. The highest BCUT2D eigenvalue weighted by molar-refractivity contribution is 5.70. The van der Waals surface area contributed by atoms with Gasteiger partial charge in [0, 0.05) is 19.6 Å². The van der Waals surface area contributed by atoms with E-state index in [4.69, 9.17) is 0 Å². The summed E-state index contributed by atoms with van der Waals surface area (Å²) in [6.07, 6.45) is 4.24. The average Bonchev–Trinajstić information content (AvgIpc) is 2.49. The lowest BCUT2D eigenvalue weighted by atomic mass is 10.2. The number of nitrogens with zero attached hydrogens (tertiary/aromatic N) is 1. The first-order valence-corrected chi connectivity index (χ1v) is 5.60. The molecule has 0 saturated carbocycles. The Morgan fingerprint density at radius 3 is 3.13 bits per heavy atom. The monoisotopic (exact) mass is 202 g/mol. The molecule has 0 saturated heterocycles. The van der Waals surface area contributed by atoms with Crippen molar-refractivity contribution in [2.75, 3.05) is 29.9 Å². The topological polar surface area (TPSA) is 15.3 Å². The number of benzene rings is 1. The van der Waals surface area contributed by atoms with Crippen LogP contribution in [0.2, 0.25) is 0 Å². The predicted molar refractivity (Wildman–Crippen MR) is 66.6 cm³/mol. The molecule has 0 aromatic heterocycles. The minimum absolute atomic E-state index is 1.05. The third-order valence-corrected chi connectivity index (χ3v) is 2.77. The summed E-state index contributed by atoms with van der Waals surface area (Å²) in [6, 6.07) is 8.54. The molecule has 1 aliphatic heterocycles. The van der Waals surface area contributed by atoms with Gasteiger partial charge in [0.25, 0.3) is 0 Å². The van der Waals surface area contributed by atoms with Crippen molar-refractivity contribution in [3.63, 3.8) is 0 Å². The number of anilines is 2. The van der Waals surface area contributed by atoms with Gasteiger partial charge >= 0.3 is 0 Å². The fourth-order valence-corrected chi connectivity index (χ4v) is 1.99. The highest BCUT2D eigenvalue weighted by Gasteiger charge is 2.12. The Labute approximate surface area is 91.6 Å². The van der Waals surface area contributed by atoms with Crippen molar-refractivity contribution in [1.29, 1.82) is 0 Å². The number of para-hydroxylation sites is 2. The van der Waals surface area contributed by atoms with Crippen molar-refractivity contribution < 1.29 is 0 Å². The van der Waals surface area contributed by atoms with Crippen molar-refractivity contribution in [3.05, 3.63) is 36.9 Å². The lowest BCUT2D eigenvalue weighted by molar-refractivity contribution is 0.762. The van der Waals surface area contributed by atoms with Gasteiger partial charge in [-0.2, -0.15) is 0 Å². The quantitative estimate of drug-likeness (QED) is 0.758. The van der Waals surface area contributed by atoms with Crippen LogP contribution in [0.3, 0.4) is 0 Å². The summed E-state index contributed by atoms with van der Waals surface area (Å²) in [6.45, 7) is 7.06. The van der Waals surface area contributed by atoms with Crippen molar-refractivity contribution in [2.24, 2.45) is 0 Å². The maximum absolute atomic E-state index is 3.78. The van der Waals surface area contributed by atoms with Crippen molar-refractivity contribution in [3.8, 4) is 0 Å². The van der Waals surface area contributed by atoms with Crippen LogP contribution in [0.1, 0.15) is 12.8 Å². The Bertz CT molecular complexity index is 333. The van der Waals surface area contributed by atoms with Gasteiger partial charge in [0.2, 0.25) is 0 Å². The highest BCUT2D eigenvalue weighted by atomic mass is 15.2. The summed E-state index contributed by atoms with van der Waals surface area (Å²) >= 11 is 0. The van der Waals surface area contributed by atoms with E-state index in [1.54, 1.807) is 0 Å². The normalized spacial score (nSPS) is 15.1. The van der Waals surface area contributed by atoms with Crippen LogP contribution < -0.4 is 10.2 Å². The maximum atomic E-state index is 3.78. The predicted octanol–water partition coefficient (Wildman–Crippen LogP) is 2.88. The number of fused-ring (bicyclic) bond motifs is 1. The van der Waals surface area contributed by atoms with Gasteiger partial charge < -0.3 is 10.2 Å². The molecule has 0 atom stereocenters. The van der Waals surface area contributed by atoms with E-state index in [2.05, 4.69) is 41.1 Å². The zero-order valence-electron chi connectivity index (χ0n) is 9.08. The zero-order valence-corrected chi connectivity index (χ0v) is 9.08. The number of hydrogen-bond donors (Lipinski definition) is 1. The fraction of sp³-hybridized carbons (Fsp3) is 0.385. The zero-order chi connectivity index (χ0) is 10.5. The lowest BCUT2D eigenvalue weighted by Crippen LogP contribution is -2.24. The van der Waals surface area contributed by atoms with Crippen LogP contribution in [0.25, 0.3) is 0 Å². The molecule has 80 valence electrons. The Morgan fingerprint density at radius 2 is 2.27 bits per heavy atom. The summed E-state index contributed by atoms with van der Waals surface area (Å²) in [5, 5.41) is 3.46. The number of rotatable bonds is 3. The molecule has 0 aliphatic carbocycles. The van der Waals surface area contributed by atoms with E-state index in [0.29, 0.717) is 0 Å². The van der Waals surface area contributed by atoms with Crippen LogP contribution in [0.4, 0.5) is 11.4 Å². The molecule has 0 bridgehead atoms. The van der Waals surface area contributed by atoms with Gasteiger partial charge in [-0.3, -0.25) is 0 Å². The van der Waals surface area contributed by atoms with E-state index in [1.807, 2.05) is 6.08 Å². The Kier molecular flexibility index (Phi) is 3.28. The number of nitrogens with one attached hydrogen (secondary N) is 1. The van der Waals surface area contributed by atoms with E-state index >= 15 is 0 Å². The third-order valence-electron chi connectivity index (χ3n) is 2.77. The molecule has 1 aromatic rings. The summed E-state index contributed by atoms with van der Waals surface area (Å²) in [4.78, 5) is 2.44. The van der Waals surface area contributed by atoms with Crippen LogP contribution in [-0.2, 0) is 0 Å². The second-order valence-corrected chi connectivity index (χ2v) is 3.86. The molecule has 15 heavy (non-hydrogen) atoms. The molecule has 1 aromatic carbocycles. The second kappa shape index (κ2) is 4.87. The van der Waals surface area contributed by atoms with Gasteiger partial charge in [-0.05, 0) is 25.0 Å². The molecule has 2 rings (SSSR count). The Balaban J connectivity index is 2.20. The van der Waals surface area contributed by atoms with Crippen LogP contribution in [-0.4, -0.2) is 19.6 Å². The Hall–Kier alpha value is -1.44. The molecule has 2 nitrogen and oxygen atoms in total. The van der Waals surface area contributed by atoms with E-state index in [1.165, 1.54) is 17.8 Å². The average molecular weight is 202 g/mol. The lowest BCUT2D eigenvalue weighted by Gasteiger charge is -2.23. The van der Waals surface area contributed by atoms with Gasteiger partial charge in [0.1, 0.15) is 0 Å². The molecule has 0 spiro atoms. The second-order valence-electron chi connectivity index (χ2n) is 3.86. The molecule has 0 amide bonds. The minimum Gasteiger partial charge on any atom is -0.383 e. The van der Waals surface area contributed by atoms with Crippen LogP contribution in [0.5, 0.6) is 0 Å². The van der Waals surface area contributed by atoms with E-state index in [9.17, 15) is 0 Å². The van der Waals surface area contributed by atoms with Gasteiger partial charge in [-0.1, -0.05) is 18.2 Å². The fourth-order valence-electron chi connectivity index (χ4n) is 1.99. The third kappa shape index (κ3) is 2.32. The SMILES string of the molecule is C=CCCN1CCCNc2ccccc21. The molecular formula is C13H18N2. The molecule has 0 radical (unpaired) electrons. The summed E-state index contributed by atoms with van der Waals surface area (Å²) in [7, 11) is 0. The number of hydrogen-bond acceptors (Lipinski definition) is 2.